The Morgan fingerprint density at radius 2 is 1.88 bits per heavy atom. The number of pyridine rings is 1. The van der Waals surface area contributed by atoms with E-state index in [1.54, 1.807) is 18.2 Å². The molecule has 0 atom stereocenters. The van der Waals surface area contributed by atoms with Crippen LogP contribution in [0.15, 0.2) is 67.3 Å². The van der Waals surface area contributed by atoms with Crippen LogP contribution in [0.4, 0.5) is 5.69 Å². The molecule has 0 bridgehead atoms. The molecule has 2 N–H and O–H groups in total. The molecule has 1 amide bonds. The minimum Gasteiger partial charge on any atom is -0.477 e. The van der Waals surface area contributed by atoms with Gasteiger partial charge in [-0.25, -0.2) is 9.78 Å². The van der Waals surface area contributed by atoms with Gasteiger partial charge in [-0.3, -0.25) is 4.79 Å². The lowest BCUT2D eigenvalue weighted by Crippen LogP contribution is -2.07. The maximum absolute atomic E-state index is 11.6. The largest absolute Gasteiger partial charge is 0.477 e. The van der Waals surface area contributed by atoms with E-state index in [1.165, 1.54) is 12.1 Å². The van der Waals surface area contributed by atoms with E-state index in [9.17, 15) is 9.59 Å². The minimum absolute atomic E-state index is 0.0131. The van der Waals surface area contributed by atoms with E-state index in [2.05, 4.69) is 16.9 Å². The fraction of sp³-hybridized carbons (Fsp3) is 0. The zero-order valence-corrected chi connectivity index (χ0v) is 12.7. The van der Waals surface area contributed by atoms with Gasteiger partial charge < -0.3 is 10.4 Å². The number of nitrogens with zero attached hydrogens (tertiary/aromatic N) is 1. The number of nitrogens with one attached hydrogen (secondary N) is 1. The summed E-state index contributed by atoms with van der Waals surface area (Å²) in [7, 11) is 0. The third kappa shape index (κ3) is 3.01. The van der Waals surface area contributed by atoms with Crippen LogP contribution in [0.3, 0.4) is 0 Å². The summed E-state index contributed by atoms with van der Waals surface area (Å²) in [5.41, 5.74) is 1.97. The third-order valence-electron chi connectivity index (χ3n) is 3.59. The second kappa shape index (κ2) is 6.34. The van der Waals surface area contributed by atoms with Gasteiger partial charge in [0.2, 0.25) is 5.91 Å². The molecule has 3 aromatic rings. The molecule has 0 aliphatic heterocycles. The molecule has 2 aromatic carbocycles. The third-order valence-corrected chi connectivity index (χ3v) is 3.59. The molecule has 0 saturated heterocycles. The van der Waals surface area contributed by atoms with Gasteiger partial charge in [-0.1, -0.05) is 36.9 Å². The van der Waals surface area contributed by atoms with Gasteiger partial charge in [0.15, 0.2) is 0 Å². The molecule has 0 aliphatic carbocycles. The average Bonchev–Trinajstić information content (AvgIpc) is 2.61. The Labute approximate surface area is 138 Å². The van der Waals surface area contributed by atoms with E-state index in [4.69, 9.17) is 5.11 Å². The number of carboxylic acids is 1. The Morgan fingerprint density at radius 3 is 2.62 bits per heavy atom. The number of anilines is 1. The van der Waals surface area contributed by atoms with Crippen LogP contribution in [0.5, 0.6) is 0 Å². The number of carbonyl (C=O) groups is 2. The van der Waals surface area contributed by atoms with Crippen molar-refractivity contribution < 1.29 is 14.7 Å². The van der Waals surface area contributed by atoms with Crippen molar-refractivity contribution in [3.8, 4) is 11.3 Å². The van der Waals surface area contributed by atoms with Gasteiger partial charge in [-0.15, -0.1) is 0 Å². The fourth-order valence-corrected chi connectivity index (χ4v) is 2.44. The number of hydrogen-bond acceptors (Lipinski definition) is 3. The zero-order chi connectivity index (χ0) is 17.1. The van der Waals surface area contributed by atoms with Gasteiger partial charge in [0.25, 0.3) is 0 Å². The first kappa shape index (κ1) is 15.4. The van der Waals surface area contributed by atoms with Gasteiger partial charge in [0.1, 0.15) is 5.69 Å². The Balaban J connectivity index is 2.12. The minimum atomic E-state index is -1.07. The van der Waals surface area contributed by atoms with Crippen LogP contribution in [-0.4, -0.2) is 22.0 Å². The quantitative estimate of drug-likeness (QED) is 0.718. The highest BCUT2D eigenvalue weighted by atomic mass is 16.4. The van der Waals surface area contributed by atoms with Crippen molar-refractivity contribution in [3.05, 3.63) is 72.9 Å². The van der Waals surface area contributed by atoms with Crippen LogP contribution < -0.4 is 5.32 Å². The lowest BCUT2D eigenvalue weighted by atomic mass is 10.0. The van der Waals surface area contributed by atoms with Crippen molar-refractivity contribution in [1.29, 1.82) is 0 Å². The van der Waals surface area contributed by atoms with Crippen LogP contribution in [0.25, 0.3) is 22.0 Å². The number of carboxylic acid groups (broad SMARTS) is 1. The fourth-order valence-electron chi connectivity index (χ4n) is 2.44. The van der Waals surface area contributed by atoms with E-state index in [1.807, 2.05) is 30.3 Å². The molecule has 1 heterocycles. The van der Waals surface area contributed by atoms with Gasteiger partial charge in [-0.05, 0) is 35.7 Å². The second-order valence-corrected chi connectivity index (χ2v) is 5.15. The summed E-state index contributed by atoms with van der Waals surface area (Å²) in [6, 6.07) is 16.1. The van der Waals surface area contributed by atoms with Crippen LogP contribution >= 0.6 is 0 Å². The van der Waals surface area contributed by atoms with Crippen LogP contribution in [0.2, 0.25) is 0 Å². The molecule has 0 spiro atoms. The number of hydrogen-bond donors (Lipinski definition) is 2. The maximum Gasteiger partial charge on any atom is 0.354 e. The predicted octanol–water partition coefficient (Wildman–Crippen LogP) is 3.72. The average molecular weight is 318 g/mol. The Morgan fingerprint density at radius 1 is 1.08 bits per heavy atom. The van der Waals surface area contributed by atoms with Crippen molar-refractivity contribution >= 4 is 28.3 Å². The molecule has 118 valence electrons. The summed E-state index contributed by atoms with van der Waals surface area (Å²) >= 11 is 0. The lowest BCUT2D eigenvalue weighted by molar-refractivity contribution is -0.111. The number of benzene rings is 2. The molecule has 0 saturated carbocycles. The number of rotatable bonds is 4. The van der Waals surface area contributed by atoms with E-state index in [0.717, 1.165) is 16.3 Å². The van der Waals surface area contributed by atoms with Gasteiger partial charge >= 0.3 is 5.97 Å². The first-order valence-electron chi connectivity index (χ1n) is 7.25. The second-order valence-electron chi connectivity index (χ2n) is 5.15. The molecule has 0 radical (unpaired) electrons. The number of aromatic nitrogens is 1. The lowest BCUT2D eigenvalue weighted by Gasteiger charge is -2.09. The Kier molecular flexibility index (Phi) is 4.07. The van der Waals surface area contributed by atoms with Crippen molar-refractivity contribution in [2.75, 3.05) is 5.32 Å². The maximum atomic E-state index is 11.6. The molecule has 1 aromatic heterocycles. The standard InChI is InChI=1S/C19H14N2O3/c1-2-18(22)21-16-7-3-5-12-9-10-13(11-14(12)16)15-6-4-8-17(20-15)19(23)24/h2-11H,1H2,(H,21,22)(H,23,24). The molecule has 0 aliphatic rings. The molecule has 5 nitrogen and oxygen atoms in total. The van der Waals surface area contributed by atoms with E-state index < -0.39 is 5.97 Å². The summed E-state index contributed by atoms with van der Waals surface area (Å²) < 4.78 is 0. The smallest absolute Gasteiger partial charge is 0.354 e. The van der Waals surface area contributed by atoms with Gasteiger partial charge in [0.05, 0.1) is 5.69 Å². The van der Waals surface area contributed by atoms with Crippen molar-refractivity contribution in [3.63, 3.8) is 0 Å². The number of carbonyl (C=O) groups excluding carboxylic acids is 1. The SMILES string of the molecule is C=CC(=O)Nc1cccc2ccc(-c3cccc(C(=O)O)n3)cc12. The van der Waals surface area contributed by atoms with E-state index >= 15 is 0 Å². The van der Waals surface area contributed by atoms with Crippen molar-refractivity contribution in [2.45, 2.75) is 0 Å². The first-order valence-corrected chi connectivity index (χ1v) is 7.25. The summed E-state index contributed by atoms with van der Waals surface area (Å²) in [5.74, 6) is -1.37. The van der Waals surface area contributed by atoms with Crippen LogP contribution in [0.1, 0.15) is 10.5 Å². The monoisotopic (exact) mass is 318 g/mol. The summed E-state index contributed by atoms with van der Waals surface area (Å²) in [5, 5.41) is 13.6. The molecule has 5 heteroatoms. The Hall–Kier alpha value is -3.47. The predicted molar refractivity (Wildman–Crippen MR) is 93.0 cm³/mol. The molecule has 3 rings (SSSR count). The molecular weight excluding hydrogens is 304 g/mol. The number of amides is 1. The molecule has 0 unspecified atom stereocenters. The van der Waals surface area contributed by atoms with Crippen molar-refractivity contribution in [1.82, 2.24) is 4.98 Å². The first-order chi connectivity index (χ1) is 11.6. The summed E-state index contributed by atoms with van der Waals surface area (Å²) in [6.45, 7) is 3.45. The summed E-state index contributed by atoms with van der Waals surface area (Å²) in [6.07, 6.45) is 1.21. The number of fused-ring (bicyclic) bond motifs is 1. The van der Waals surface area contributed by atoms with Crippen molar-refractivity contribution in [2.24, 2.45) is 0 Å². The number of aromatic carboxylic acids is 1. The molecule has 0 fully saturated rings. The topological polar surface area (TPSA) is 79.3 Å². The normalized spacial score (nSPS) is 10.3. The Bertz CT molecular complexity index is 964. The van der Waals surface area contributed by atoms with E-state index in [0.29, 0.717) is 11.4 Å². The van der Waals surface area contributed by atoms with Crippen LogP contribution in [0, 0.1) is 0 Å². The summed E-state index contributed by atoms with van der Waals surface area (Å²) in [4.78, 5) is 26.8. The highest BCUT2D eigenvalue weighted by molar-refractivity contribution is 6.06. The zero-order valence-electron chi connectivity index (χ0n) is 12.7. The highest BCUT2D eigenvalue weighted by Crippen LogP contribution is 2.28. The molecular formula is C19H14N2O3. The highest BCUT2D eigenvalue weighted by Gasteiger charge is 2.09. The van der Waals surface area contributed by atoms with Gasteiger partial charge in [-0.2, -0.15) is 0 Å². The van der Waals surface area contributed by atoms with Gasteiger partial charge in [0, 0.05) is 16.6 Å². The molecule has 24 heavy (non-hydrogen) atoms. The van der Waals surface area contributed by atoms with E-state index in [-0.39, 0.29) is 11.6 Å². The van der Waals surface area contributed by atoms with Crippen LogP contribution in [-0.2, 0) is 4.79 Å².